The highest BCUT2D eigenvalue weighted by Crippen LogP contribution is 2.19. The first-order chi connectivity index (χ1) is 9.15. The zero-order chi connectivity index (χ0) is 13.8. The maximum atomic E-state index is 12.0. The monoisotopic (exact) mass is 257 g/mol. The number of hydrogen-bond acceptors (Lipinski definition) is 3. The number of aromatic amines is 1. The number of nitriles is 1. The minimum atomic E-state index is -1.28. The molecule has 2 rings (SSSR count). The molecule has 0 amide bonds. The summed E-state index contributed by atoms with van der Waals surface area (Å²) in [5.41, 5.74) is -0.0468. The molecule has 1 heterocycles. The van der Waals surface area contributed by atoms with Gasteiger partial charge in [0.25, 0.3) is 5.56 Å². The predicted octanol–water partition coefficient (Wildman–Crippen LogP) is 1.46. The van der Waals surface area contributed by atoms with Gasteiger partial charge in [0, 0.05) is 5.56 Å². The van der Waals surface area contributed by atoms with Crippen LogP contribution in [0.4, 0.5) is 0 Å². The minimum Gasteiger partial charge on any atom is -0.477 e. The van der Waals surface area contributed by atoms with Crippen molar-refractivity contribution >= 4 is 5.97 Å². The van der Waals surface area contributed by atoms with Crippen LogP contribution in [0.3, 0.4) is 0 Å². The van der Waals surface area contributed by atoms with Gasteiger partial charge in [-0.3, -0.25) is 14.6 Å². The normalized spacial score (nSPS) is 10.1. The number of aromatic carboxylic acids is 1. The van der Waals surface area contributed by atoms with Gasteiger partial charge in [-0.25, -0.2) is 4.79 Å². The van der Waals surface area contributed by atoms with Gasteiger partial charge >= 0.3 is 5.97 Å². The van der Waals surface area contributed by atoms with E-state index in [1.54, 1.807) is 30.3 Å². The lowest BCUT2D eigenvalue weighted by molar-refractivity contribution is 0.0696. The van der Waals surface area contributed by atoms with Gasteiger partial charge in [0.05, 0.1) is 24.7 Å². The summed E-state index contributed by atoms with van der Waals surface area (Å²) in [4.78, 5) is 23.2. The van der Waals surface area contributed by atoms with Crippen molar-refractivity contribution in [3.63, 3.8) is 0 Å². The Hall–Kier alpha value is -2.81. The molecule has 0 bridgehead atoms. The van der Waals surface area contributed by atoms with Crippen LogP contribution in [0.15, 0.2) is 35.1 Å². The zero-order valence-corrected chi connectivity index (χ0v) is 9.96. The maximum Gasteiger partial charge on any atom is 0.343 e. The standard InChI is InChI=1S/C13H11N3O3/c14-7-4-8-16-12(17)10(13(18)19)11(15-16)9-5-2-1-3-6-9/h1-3,5-6,15H,4,8H2,(H,18,19). The lowest BCUT2D eigenvalue weighted by Gasteiger charge is -1.99. The second-order valence-corrected chi connectivity index (χ2v) is 3.90. The molecule has 6 heteroatoms. The number of benzene rings is 1. The average molecular weight is 257 g/mol. The maximum absolute atomic E-state index is 12.0. The molecule has 96 valence electrons. The zero-order valence-electron chi connectivity index (χ0n) is 9.96. The van der Waals surface area contributed by atoms with E-state index < -0.39 is 11.5 Å². The van der Waals surface area contributed by atoms with E-state index >= 15 is 0 Å². The van der Waals surface area contributed by atoms with Crippen molar-refractivity contribution in [3.05, 3.63) is 46.2 Å². The van der Waals surface area contributed by atoms with Crippen LogP contribution in [-0.4, -0.2) is 20.9 Å². The quantitative estimate of drug-likeness (QED) is 0.865. The highest BCUT2D eigenvalue weighted by atomic mass is 16.4. The van der Waals surface area contributed by atoms with Crippen LogP contribution in [0, 0.1) is 11.3 Å². The summed E-state index contributed by atoms with van der Waals surface area (Å²) in [7, 11) is 0. The molecular weight excluding hydrogens is 246 g/mol. The number of carboxylic acid groups (broad SMARTS) is 1. The van der Waals surface area contributed by atoms with E-state index in [4.69, 9.17) is 10.4 Å². The molecule has 6 nitrogen and oxygen atoms in total. The predicted molar refractivity (Wildman–Crippen MR) is 67.7 cm³/mol. The fourth-order valence-electron chi connectivity index (χ4n) is 1.81. The number of H-pyrrole nitrogens is 1. The third kappa shape index (κ3) is 2.40. The smallest absolute Gasteiger partial charge is 0.343 e. The van der Waals surface area contributed by atoms with Gasteiger partial charge in [0.2, 0.25) is 0 Å². The molecule has 19 heavy (non-hydrogen) atoms. The van der Waals surface area contributed by atoms with Crippen LogP contribution in [0.25, 0.3) is 11.3 Å². The van der Waals surface area contributed by atoms with Crippen molar-refractivity contribution < 1.29 is 9.90 Å². The van der Waals surface area contributed by atoms with Gasteiger partial charge in [-0.1, -0.05) is 30.3 Å². The summed E-state index contributed by atoms with van der Waals surface area (Å²) in [5, 5.41) is 20.4. The Balaban J connectivity index is 2.58. The van der Waals surface area contributed by atoms with Crippen molar-refractivity contribution in [2.24, 2.45) is 0 Å². The molecule has 0 fully saturated rings. The molecule has 0 atom stereocenters. The fourth-order valence-corrected chi connectivity index (χ4v) is 1.81. The van der Waals surface area contributed by atoms with Gasteiger partial charge in [-0.15, -0.1) is 0 Å². The van der Waals surface area contributed by atoms with Crippen LogP contribution in [0.1, 0.15) is 16.8 Å². The van der Waals surface area contributed by atoms with Gasteiger partial charge < -0.3 is 5.11 Å². The van der Waals surface area contributed by atoms with Crippen LogP contribution in [0.5, 0.6) is 0 Å². The SMILES string of the molecule is N#CCCn1[nH]c(-c2ccccc2)c(C(=O)O)c1=O. The highest BCUT2D eigenvalue weighted by molar-refractivity contribution is 5.94. The third-order valence-electron chi connectivity index (χ3n) is 2.68. The number of carboxylic acids is 1. The number of aryl methyl sites for hydroxylation is 1. The molecule has 0 unspecified atom stereocenters. The number of hydrogen-bond donors (Lipinski definition) is 2. The van der Waals surface area contributed by atoms with Gasteiger partial charge in [-0.2, -0.15) is 5.26 Å². The Morgan fingerprint density at radius 1 is 1.37 bits per heavy atom. The third-order valence-corrected chi connectivity index (χ3v) is 2.68. The van der Waals surface area contributed by atoms with E-state index in [0.717, 1.165) is 4.68 Å². The van der Waals surface area contributed by atoms with E-state index in [2.05, 4.69) is 5.10 Å². The minimum absolute atomic E-state index is 0.133. The van der Waals surface area contributed by atoms with Crippen molar-refractivity contribution in [3.8, 4) is 17.3 Å². The van der Waals surface area contributed by atoms with Crippen molar-refractivity contribution in [2.45, 2.75) is 13.0 Å². The number of nitrogens with zero attached hydrogens (tertiary/aromatic N) is 2. The molecule has 2 aromatic rings. The van der Waals surface area contributed by atoms with Gasteiger partial charge in [0.1, 0.15) is 0 Å². The molecule has 1 aromatic carbocycles. The number of carbonyl (C=O) groups is 1. The molecule has 0 radical (unpaired) electrons. The Bertz CT molecular complexity index is 692. The van der Waals surface area contributed by atoms with E-state index in [9.17, 15) is 9.59 Å². The van der Waals surface area contributed by atoms with Crippen LogP contribution < -0.4 is 5.56 Å². The fraction of sp³-hybridized carbons (Fsp3) is 0.154. The molecule has 0 spiro atoms. The second kappa shape index (κ2) is 5.23. The molecule has 1 aromatic heterocycles. The number of aromatic nitrogens is 2. The van der Waals surface area contributed by atoms with E-state index in [1.807, 2.05) is 6.07 Å². The van der Waals surface area contributed by atoms with Gasteiger partial charge in [-0.05, 0) is 0 Å². The average Bonchev–Trinajstić information content (AvgIpc) is 2.74. The van der Waals surface area contributed by atoms with Crippen LogP contribution in [-0.2, 0) is 6.54 Å². The molecular formula is C13H11N3O3. The Kier molecular flexibility index (Phi) is 3.48. The first-order valence-electron chi connectivity index (χ1n) is 5.63. The Morgan fingerprint density at radius 2 is 2.05 bits per heavy atom. The topological polar surface area (TPSA) is 98.9 Å². The lowest BCUT2D eigenvalue weighted by atomic mass is 10.1. The summed E-state index contributed by atoms with van der Waals surface area (Å²) in [6.45, 7) is 0.141. The largest absolute Gasteiger partial charge is 0.477 e. The lowest BCUT2D eigenvalue weighted by Crippen LogP contribution is -2.21. The molecule has 0 aliphatic heterocycles. The summed E-state index contributed by atoms with van der Waals surface area (Å²) in [6, 6.07) is 10.7. The molecule has 0 aliphatic rings. The Morgan fingerprint density at radius 3 is 2.63 bits per heavy atom. The summed E-state index contributed by atoms with van der Waals surface area (Å²) in [6.07, 6.45) is 0.133. The van der Waals surface area contributed by atoms with Crippen LogP contribution in [0.2, 0.25) is 0 Å². The van der Waals surface area contributed by atoms with Crippen LogP contribution >= 0.6 is 0 Å². The van der Waals surface area contributed by atoms with E-state index in [0.29, 0.717) is 5.56 Å². The second-order valence-electron chi connectivity index (χ2n) is 3.90. The summed E-state index contributed by atoms with van der Waals surface area (Å²) < 4.78 is 1.15. The first-order valence-corrected chi connectivity index (χ1v) is 5.63. The van der Waals surface area contributed by atoms with Crippen molar-refractivity contribution in [1.29, 1.82) is 5.26 Å². The highest BCUT2D eigenvalue weighted by Gasteiger charge is 2.21. The van der Waals surface area contributed by atoms with E-state index in [-0.39, 0.29) is 24.2 Å². The van der Waals surface area contributed by atoms with E-state index in [1.165, 1.54) is 0 Å². The number of nitrogens with one attached hydrogen (secondary N) is 1. The molecule has 2 N–H and O–H groups in total. The molecule has 0 saturated carbocycles. The summed E-state index contributed by atoms with van der Waals surface area (Å²) >= 11 is 0. The van der Waals surface area contributed by atoms with Crippen molar-refractivity contribution in [2.75, 3.05) is 0 Å². The molecule has 0 aliphatic carbocycles. The van der Waals surface area contributed by atoms with Gasteiger partial charge in [0.15, 0.2) is 5.56 Å². The first kappa shape index (κ1) is 12.6. The van der Waals surface area contributed by atoms with Crippen molar-refractivity contribution in [1.82, 2.24) is 9.78 Å². The number of rotatable bonds is 4. The summed E-state index contributed by atoms with van der Waals surface area (Å²) in [5.74, 6) is -1.28. The molecule has 0 saturated heterocycles. The Labute approximate surface area is 108 Å².